The number of nitrogens with zero attached hydrogens (tertiary/aromatic N) is 3. The number of rotatable bonds is 3. The molecule has 1 saturated carbocycles. The summed E-state index contributed by atoms with van der Waals surface area (Å²) in [5, 5.41) is 13.1. The van der Waals surface area contributed by atoms with Crippen molar-refractivity contribution < 1.29 is 14.3 Å². The standard InChI is InChI=1S/C12H9ClFN3O2/c13-7-3-4-8(14)9(5-7)17-11(6-1-2-6)15-10(16-17)12(18)19/h3-6H,1-2H2,(H,18,19). The van der Waals surface area contributed by atoms with Crippen LogP contribution in [0, 0.1) is 5.82 Å². The molecule has 1 N–H and O–H groups in total. The molecule has 5 nitrogen and oxygen atoms in total. The average Bonchev–Trinajstić information content (AvgIpc) is 3.11. The molecule has 7 heteroatoms. The predicted octanol–water partition coefficient (Wildman–Crippen LogP) is 2.64. The van der Waals surface area contributed by atoms with Gasteiger partial charge >= 0.3 is 5.97 Å². The summed E-state index contributed by atoms with van der Waals surface area (Å²) in [6.07, 6.45) is 1.81. The van der Waals surface area contributed by atoms with Gasteiger partial charge in [-0.3, -0.25) is 0 Å². The van der Waals surface area contributed by atoms with Gasteiger partial charge in [0.05, 0.1) is 0 Å². The van der Waals surface area contributed by atoms with E-state index in [-0.39, 0.29) is 17.4 Å². The van der Waals surface area contributed by atoms with E-state index in [4.69, 9.17) is 16.7 Å². The van der Waals surface area contributed by atoms with Gasteiger partial charge < -0.3 is 5.11 Å². The van der Waals surface area contributed by atoms with Crippen molar-refractivity contribution in [2.75, 3.05) is 0 Å². The number of hydrogen-bond acceptors (Lipinski definition) is 3. The van der Waals surface area contributed by atoms with Crippen LogP contribution in [0.15, 0.2) is 18.2 Å². The third kappa shape index (κ3) is 2.19. The molecule has 1 aromatic carbocycles. The molecule has 1 aliphatic carbocycles. The van der Waals surface area contributed by atoms with Crippen molar-refractivity contribution in [1.29, 1.82) is 0 Å². The van der Waals surface area contributed by atoms with Crippen molar-refractivity contribution in [3.63, 3.8) is 0 Å². The first-order valence-corrected chi connectivity index (χ1v) is 6.09. The summed E-state index contributed by atoms with van der Waals surface area (Å²) in [5.41, 5.74) is 0.120. The van der Waals surface area contributed by atoms with Crippen molar-refractivity contribution in [1.82, 2.24) is 14.8 Å². The molecular weight excluding hydrogens is 273 g/mol. The van der Waals surface area contributed by atoms with Gasteiger partial charge in [0, 0.05) is 10.9 Å². The van der Waals surface area contributed by atoms with Crippen LogP contribution in [0.5, 0.6) is 0 Å². The summed E-state index contributed by atoms with van der Waals surface area (Å²) in [4.78, 5) is 14.9. The molecule has 1 aromatic heterocycles. The Hall–Kier alpha value is -1.95. The van der Waals surface area contributed by atoms with E-state index >= 15 is 0 Å². The van der Waals surface area contributed by atoms with Crippen molar-refractivity contribution >= 4 is 17.6 Å². The maximum absolute atomic E-state index is 13.8. The fourth-order valence-corrected chi connectivity index (χ4v) is 2.01. The molecule has 0 amide bonds. The largest absolute Gasteiger partial charge is 0.475 e. The van der Waals surface area contributed by atoms with Crippen LogP contribution in [-0.4, -0.2) is 25.8 Å². The maximum atomic E-state index is 13.8. The minimum atomic E-state index is -1.23. The van der Waals surface area contributed by atoms with Crippen LogP contribution < -0.4 is 0 Å². The van der Waals surface area contributed by atoms with Crippen molar-refractivity contribution in [2.45, 2.75) is 18.8 Å². The quantitative estimate of drug-likeness (QED) is 0.939. The number of carboxylic acids is 1. The Balaban J connectivity index is 2.17. The smallest absolute Gasteiger partial charge is 0.375 e. The summed E-state index contributed by atoms with van der Waals surface area (Å²) in [6.45, 7) is 0. The molecule has 0 atom stereocenters. The number of hydrogen-bond donors (Lipinski definition) is 1. The van der Waals surface area contributed by atoms with Gasteiger partial charge in [0.15, 0.2) is 0 Å². The first-order chi connectivity index (χ1) is 9.06. The van der Waals surface area contributed by atoms with E-state index in [1.54, 1.807) is 0 Å². The molecule has 98 valence electrons. The first-order valence-electron chi connectivity index (χ1n) is 5.72. The highest BCUT2D eigenvalue weighted by atomic mass is 35.5. The Labute approximate surface area is 112 Å². The van der Waals surface area contributed by atoms with Gasteiger partial charge in [-0.1, -0.05) is 11.6 Å². The normalized spacial score (nSPS) is 14.6. The lowest BCUT2D eigenvalue weighted by molar-refractivity contribution is 0.0683. The van der Waals surface area contributed by atoms with E-state index in [0.29, 0.717) is 10.8 Å². The van der Waals surface area contributed by atoms with Crippen LogP contribution in [0.2, 0.25) is 5.02 Å². The zero-order valence-electron chi connectivity index (χ0n) is 9.68. The van der Waals surface area contributed by atoms with E-state index in [1.807, 2.05) is 0 Å². The van der Waals surface area contributed by atoms with Crippen LogP contribution in [0.25, 0.3) is 5.69 Å². The average molecular weight is 282 g/mol. The van der Waals surface area contributed by atoms with Crippen LogP contribution in [0.3, 0.4) is 0 Å². The summed E-state index contributed by atoms with van der Waals surface area (Å²) in [6, 6.07) is 4.05. The van der Waals surface area contributed by atoms with E-state index in [9.17, 15) is 9.18 Å². The first kappa shape index (κ1) is 12.1. The SMILES string of the molecule is O=C(O)c1nc(C2CC2)n(-c2cc(Cl)ccc2F)n1. The lowest BCUT2D eigenvalue weighted by atomic mass is 10.3. The fourth-order valence-electron chi connectivity index (χ4n) is 1.85. The number of halogens is 2. The highest BCUT2D eigenvalue weighted by Crippen LogP contribution is 2.40. The van der Waals surface area contributed by atoms with Gasteiger partial charge in [0.25, 0.3) is 5.82 Å². The molecule has 0 aliphatic heterocycles. The molecule has 1 fully saturated rings. The Bertz CT molecular complexity index is 667. The topological polar surface area (TPSA) is 68.0 Å². The lowest BCUT2D eigenvalue weighted by Gasteiger charge is -2.06. The molecule has 0 spiro atoms. The molecule has 0 radical (unpaired) electrons. The number of aromatic nitrogens is 3. The summed E-state index contributed by atoms with van der Waals surface area (Å²) in [5.74, 6) is -1.48. The number of carbonyl (C=O) groups is 1. The highest BCUT2D eigenvalue weighted by Gasteiger charge is 2.32. The molecule has 1 aliphatic rings. The van der Waals surface area contributed by atoms with E-state index in [0.717, 1.165) is 12.8 Å². The summed E-state index contributed by atoms with van der Waals surface area (Å²) < 4.78 is 15.1. The Morgan fingerprint density at radius 3 is 2.84 bits per heavy atom. The summed E-state index contributed by atoms with van der Waals surface area (Å²) in [7, 11) is 0. The van der Waals surface area contributed by atoms with Gasteiger partial charge in [-0.25, -0.2) is 18.9 Å². The minimum absolute atomic E-state index is 0.120. The van der Waals surface area contributed by atoms with Gasteiger partial charge in [0.2, 0.25) is 0 Å². The van der Waals surface area contributed by atoms with Gasteiger partial charge in [0.1, 0.15) is 17.3 Å². The second-order valence-electron chi connectivity index (χ2n) is 4.38. The van der Waals surface area contributed by atoms with Gasteiger partial charge in [-0.15, -0.1) is 5.10 Å². The molecular formula is C12H9ClFN3O2. The molecule has 19 heavy (non-hydrogen) atoms. The molecule has 2 aromatic rings. The minimum Gasteiger partial charge on any atom is -0.475 e. The Morgan fingerprint density at radius 1 is 1.47 bits per heavy atom. The zero-order chi connectivity index (χ0) is 13.6. The Kier molecular flexibility index (Phi) is 2.74. The van der Waals surface area contributed by atoms with E-state index in [1.165, 1.54) is 22.9 Å². The summed E-state index contributed by atoms with van der Waals surface area (Å²) >= 11 is 5.84. The molecule has 0 unspecified atom stereocenters. The highest BCUT2D eigenvalue weighted by molar-refractivity contribution is 6.30. The number of benzene rings is 1. The van der Waals surface area contributed by atoms with Crippen LogP contribution in [0.4, 0.5) is 4.39 Å². The Morgan fingerprint density at radius 2 is 2.21 bits per heavy atom. The number of carboxylic acid groups (broad SMARTS) is 1. The monoisotopic (exact) mass is 281 g/mol. The van der Waals surface area contributed by atoms with Crippen molar-refractivity contribution in [3.8, 4) is 5.69 Å². The number of aromatic carboxylic acids is 1. The fraction of sp³-hybridized carbons (Fsp3) is 0.250. The van der Waals surface area contributed by atoms with Crippen molar-refractivity contribution in [3.05, 3.63) is 40.7 Å². The van der Waals surface area contributed by atoms with Crippen LogP contribution in [0.1, 0.15) is 35.2 Å². The lowest BCUT2D eigenvalue weighted by Crippen LogP contribution is -2.05. The van der Waals surface area contributed by atoms with Crippen LogP contribution >= 0.6 is 11.6 Å². The molecule has 3 rings (SSSR count). The molecule has 1 heterocycles. The molecule has 0 saturated heterocycles. The third-order valence-corrected chi connectivity index (χ3v) is 3.14. The second kappa shape index (κ2) is 4.31. The second-order valence-corrected chi connectivity index (χ2v) is 4.82. The van der Waals surface area contributed by atoms with Crippen molar-refractivity contribution in [2.24, 2.45) is 0 Å². The third-order valence-electron chi connectivity index (χ3n) is 2.90. The molecule has 0 bridgehead atoms. The van der Waals surface area contributed by atoms with Gasteiger partial charge in [-0.05, 0) is 31.0 Å². The van der Waals surface area contributed by atoms with Crippen LogP contribution in [-0.2, 0) is 0 Å². The van der Waals surface area contributed by atoms with E-state index in [2.05, 4.69) is 10.1 Å². The van der Waals surface area contributed by atoms with E-state index < -0.39 is 11.8 Å². The zero-order valence-corrected chi connectivity index (χ0v) is 10.4. The maximum Gasteiger partial charge on any atom is 0.375 e. The predicted molar refractivity (Wildman–Crippen MR) is 65.3 cm³/mol. The van der Waals surface area contributed by atoms with Gasteiger partial charge in [-0.2, -0.15) is 0 Å².